The zero-order valence-electron chi connectivity index (χ0n) is 17.3. The monoisotopic (exact) mass is 468 g/mol. The van der Waals surface area contributed by atoms with Crippen LogP contribution in [0.15, 0.2) is 70.3 Å². The molecular formula is C22H20N4O4S2. The standard InChI is InChI=1S/C22H20N4O4S2/c1-3-32(28,29)22-25-26-19(23)18(20(27)24-21(26)31-22)13-15-9-11-17(12-10-15)30-14(2)16-7-5-4-6-8-16/h4-14,23H,3H2,1-2H3/b18-13-,23-19?. The van der Waals surface area contributed by atoms with Crippen LogP contribution in [0.5, 0.6) is 5.75 Å². The van der Waals surface area contributed by atoms with E-state index in [0.29, 0.717) is 11.3 Å². The number of carbonyl (C=O) groups excluding carboxylic acids is 1. The minimum absolute atomic E-state index is 0.0274. The van der Waals surface area contributed by atoms with Crippen LogP contribution in [-0.2, 0) is 14.6 Å². The molecule has 164 valence electrons. The molecule has 0 aromatic heterocycles. The fourth-order valence-electron chi connectivity index (χ4n) is 3.03. The number of nitrogens with one attached hydrogen (secondary N) is 1. The van der Waals surface area contributed by atoms with Crippen molar-refractivity contribution in [2.45, 2.75) is 20.0 Å². The van der Waals surface area contributed by atoms with Gasteiger partial charge in [-0.15, -0.1) is 5.10 Å². The van der Waals surface area contributed by atoms with Crippen molar-refractivity contribution in [1.29, 1.82) is 5.41 Å². The molecule has 8 nitrogen and oxygen atoms in total. The molecule has 4 rings (SSSR count). The summed E-state index contributed by atoms with van der Waals surface area (Å²) in [6.45, 7) is 3.47. The maximum absolute atomic E-state index is 12.5. The third-order valence-electron chi connectivity index (χ3n) is 4.86. The first-order chi connectivity index (χ1) is 15.3. The van der Waals surface area contributed by atoms with Gasteiger partial charge in [-0.2, -0.15) is 10.0 Å². The van der Waals surface area contributed by atoms with E-state index in [1.54, 1.807) is 24.3 Å². The lowest BCUT2D eigenvalue weighted by Crippen LogP contribution is -2.35. The number of aliphatic imine (C=N–C) groups is 1. The average Bonchev–Trinajstić information content (AvgIpc) is 3.23. The number of benzene rings is 2. The number of sulfone groups is 1. The summed E-state index contributed by atoms with van der Waals surface area (Å²) in [5, 5.41) is 13.5. The molecular weight excluding hydrogens is 448 g/mol. The number of fused-ring (bicyclic) bond motifs is 1. The molecule has 1 atom stereocenters. The molecule has 2 aliphatic heterocycles. The molecule has 0 saturated heterocycles. The van der Waals surface area contributed by atoms with E-state index in [0.717, 1.165) is 22.3 Å². The first-order valence-corrected chi connectivity index (χ1v) is 12.3. The summed E-state index contributed by atoms with van der Waals surface area (Å²) in [6.07, 6.45) is 1.40. The number of hydrogen-bond acceptors (Lipinski definition) is 7. The van der Waals surface area contributed by atoms with Crippen molar-refractivity contribution >= 4 is 49.0 Å². The molecule has 0 aliphatic carbocycles. The number of hydrogen-bond donors (Lipinski definition) is 1. The number of carbonyl (C=O) groups is 1. The highest BCUT2D eigenvalue weighted by Gasteiger charge is 2.39. The van der Waals surface area contributed by atoms with Gasteiger partial charge in [0.25, 0.3) is 5.91 Å². The van der Waals surface area contributed by atoms with Crippen LogP contribution in [0.25, 0.3) is 6.08 Å². The SMILES string of the molecule is CCS(=O)(=O)C1=NN2C(=N)/C(=C/c3ccc(OC(C)c4ccccc4)cc3)C(=O)N=C2S1. The largest absolute Gasteiger partial charge is 0.486 e. The topological polar surface area (TPSA) is 112 Å². The van der Waals surface area contributed by atoms with Gasteiger partial charge in [-0.1, -0.05) is 49.4 Å². The van der Waals surface area contributed by atoms with Gasteiger partial charge in [-0.3, -0.25) is 10.2 Å². The van der Waals surface area contributed by atoms with Crippen molar-refractivity contribution in [3.63, 3.8) is 0 Å². The summed E-state index contributed by atoms with van der Waals surface area (Å²) in [5.74, 6) is -0.283. The molecule has 0 spiro atoms. The molecule has 2 aromatic carbocycles. The minimum atomic E-state index is -3.56. The second kappa shape index (κ2) is 8.71. The predicted octanol–water partition coefficient (Wildman–Crippen LogP) is 3.84. The molecule has 1 unspecified atom stereocenters. The molecule has 2 heterocycles. The molecule has 0 saturated carbocycles. The van der Waals surface area contributed by atoms with E-state index in [2.05, 4.69) is 10.1 Å². The second-order valence-electron chi connectivity index (χ2n) is 7.03. The summed E-state index contributed by atoms with van der Waals surface area (Å²) in [4.78, 5) is 16.4. The van der Waals surface area contributed by atoms with Crippen LogP contribution >= 0.6 is 11.8 Å². The Hall–Kier alpha value is -3.24. The van der Waals surface area contributed by atoms with Gasteiger partial charge in [-0.25, -0.2) is 8.42 Å². The van der Waals surface area contributed by atoms with Gasteiger partial charge < -0.3 is 4.74 Å². The number of hydrazone groups is 1. The Bertz CT molecular complexity index is 1270. The van der Waals surface area contributed by atoms with E-state index < -0.39 is 15.7 Å². The first-order valence-electron chi connectivity index (χ1n) is 9.83. The van der Waals surface area contributed by atoms with Crippen LogP contribution in [-0.4, -0.2) is 40.5 Å². The quantitative estimate of drug-likeness (QED) is 0.667. The van der Waals surface area contributed by atoms with Crippen molar-refractivity contribution in [2.24, 2.45) is 10.1 Å². The van der Waals surface area contributed by atoms with Gasteiger partial charge in [0, 0.05) is 0 Å². The molecule has 0 fully saturated rings. The molecule has 0 radical (unpaired) electrons. The lowest BCUT2D eigenvalue weighted by atomic mass is 10.1. The maximum Gasteiger partial charge on any atom is 0.283 e. The van der Waals surface area contributed by atoms with Gasteiger partial charge in [0.15, 0.2) is 5.84 Å². The zero-order valence-corrected chi connectivity index (χ0v) is 19.0. The Morgan fingerprint density at radius 3 is 2.50 bits per heavy atom. The molecule has 0 bridgehead atoms. The number of ether oxygens (including phenoxy) is 1. The summed E-state index contributed by atoms with van der Waals surface area (Å²) in [5.41, 5.74) is 1.76. The highest BCUT2D eigenvalue weighted by Crippen LogP contribution is 2.30. The molecule has 1 N–H and O–H groups in total. The van der Waals surface area contributed by atoms with E-state index >= 15 is 0 Å². The van der Waals surface area contributed by atoms with Crippen LogP contribution in [0.2, 0.25) is 0 Å². The molecule has 32 heavy (non-hydrogen) atoms. The number of amidine groups is 2. The van der Waals surface area contributed by atoms with Gasteiger partial charge >= 0.3 is 0 Å². The van der Waals surface area contributed by atoms with E-state index in [-0.39, 0.29) is 32.8 Å². The lowest BCUT2D eigenvalue weighted by Gasteiger charge is -2.20. The highest BCUT2D eigenvalue weighted by atomic mass is 32.3. The van der Waals surface area contributed by atoms with E-state index in [1.807, 2.05) is 37.3 Å². The van der Waals surface area contributed by atoms with Crippen molar-refractivity contribution < 1.29 is 17.9 Å². The Balaban J connectivity index is 1.53. The summed E-state index contributed by atoms with van der Waals surface area (Å²) in [7, 11) is -3.56. The van der Waals surface area contributed by atoms with Crippen LogP contribution in [0, 0.1) is 5.41 Å². The van der Waals surface area contributed by atoms with Gasteiger partial charge in [0.2, 0.25) is 19.4 Å². The Morgan fingerprint density at radius 2 is 1.84 bits per heavy atom. The summed E-state index contributed by atoms with van der Waals surface area (Å²) in [6, 6.07) is 17.0. The van der Waals surface area contributed by atoms with Crippen LogP contribution < -0.4 is 4.74 Å². The van der Waals surface area contributed by atoms with Gasteiger partial charge in [0.1, 0.15) is 11.9 Å². The molecule has 10 heteroatoms. The van der Waals surface area contributed by atoms with Crippen molar-refractivity contribution in [3.8, 4) is 5.75 Å². The van der Waals surface area contributed by atoms with Crippen LogP contribution in [0.1, 0.15) is 31.1 Å². The highest BCUT2D eigenvalue weighted by molar-refractivity contribution is 8.42. The number of rotatable bonds is 5. The third-order valence-corrected chi connectivity index (χ3v) is 7.94. The lowest BCUT2D eigenvalue weighted by molar-refractivity contribution is -0.114. The Labute approximate surface area is 190 Å². The fraction of sp³-hybridized carbons (Fsp3) is 0.182. The molecule has 2 aliphatic rings. The van der Waals surface area contributed by atoms with Crippen molar-refractivity contribution in [3.05, 3.63) is 71.3 Å². The second-order valence-corrected chi connectivity index (χ2v) is 10.4. The number of thioether (sulfide) groups is 1. The fourth-order valence-corrected chi connectivity index (χ4v) is 5.19. The normalized spacial score (nSPS) is 18.3. The van der Waals surface area contributed by atoms with E-state index in [9.17, 15) is 13.2 Å². The predicted molar refractivity (Wildman–Crippen MR) is 126 cm³/mol. The average molecular weight is 469 g/mol. The molecule has 1 amide bonds. The maximum atomic E-state index is 12.5. The van der Waals surface area contributed by atoms with Crippen LogP contribution in [0.4, 0.5) is 0 Å². The summed E-state index contributed by atoms with van der Waals surface area (Å²) >= 11 is 0.780. The smallest absolute Gasteiger partial charge is 0.283 e. The van der Waals surface area contributed by atoms with Crippen molar-refractivity contribution in [2.75, 3.05) is 5.75 Å². The van der Waals surface area contributed by atoms with E-state index in [1.165, 1.54) is 13.0 Å². The summed E-state index contributed by atoms with van der Waals surface area (Å²) < 4.78 is 30.0. The van der Waals surface area contributed by atoms with E-state index in [4.69, 9.17) is 10.1 Å². The van der Waals surface area contributed by atoms with Crippen molar-refractivity contribution in [1.82, 2.24) is 5.01 Å². The van der Waals surface area contributed by atoms with Gasteiger partial charge in [-0.05, 0) is 48.0 Å². The minimum Gasteiger partial charge on any atom is -0.486 e. The zero-order chi connectivity index (χ0) is 22.9. The third kappa shape index (κ3) is 4.37. The Kier molecular flexibility index (Phi) is 5.98. The van der Waals surface area contributed by atoms with Crippen LogP contribution in [0.3, 0.4) is 0 Å². The first kappa shape index (κ1) is 22.0. The molecule has 2 aromatic rings. The number of nitrogens with zero attached hydrogens (tertiary/aromatic N) is 3. The van der Waals surface area contributed by atoms with Gasteiger partial charge in [0.05, 0.1) is 11.3 Å². The number of amides is 1. The Morgan fingerprint density at radius 1 is 1.16 bits per heavy atom.